The molecule has 3 nitrogen and oxygen atoms in total. The van der Waals surface area contributed by atoms with Crippen LogP contribution in [0.3, 0.4) is 0 Å². The zero-order valence-corrected chi connectivity index (χ0v) is 8.98. The van der Waals surface area contributed by atoms with E-state index in [1.54, 1.807) is 0 Å². The minimum atomic E-state index is -1.01. The first kappa shape index (κ1) is 13.1. The van der Waals surface area contributed by atoms with E-state index in [1.165, 1.54) is 24.3 Å². The maximum Gasteiger partial charge on any atom is 1.00 e. The van der Waals surface area contributed by atoms with E-state index in [1.807, 2.05) is 0 Å². The fourth-order valence-electron chi connectivity index (χ4n) is 1.45. The molecule has 0 unspecified atom stereocenters. The Morgan fingerprint density at radius 3 is 2.56 bits per heavy atom. The van der Waals surface area contributed by atoms with E-state index < -0.39 is 5.97 Å². The summed E-state index contributed by atoms with van der Waals surface area (Å²) in [5, 5.41) is 10.4. The van der Waals surface area contributed by atoms with Crippen LogP contribution in [0.2, 0.25) is 0 Å². The molecule has 2 atom stereocenters. The van der Waals surface area contributed by atoms with Crippen LogP contribution in [0.1, 0.15) is 6.42 Å². The van der Waals surface area contributed by atoms with Crippen LogP contribution in [0.25, 0.3) is 0 Å². The van der Waals surface area contributed by atoms with Gasteiger partial charge < -0.3 is 14.6 Å². The normalized spacial score (nSPS) is 22.1. The molecule has 16 heavy (non-hydrogen) atoms. The van der Waals surface area contributed by atoms with Crippen molar-refractivity contribution in [2.75, 3.05) is 6.61 Å². The van der Waals surface area contributed by atoms with Crippen molar-refractivity contribution in [1.82, 2.24) is 0 Å². The van der Waals surface area contributed by atoms with E-state index in [4.69, 9.17) is 4.74 Å². The molecule has 1 saturated carbocycles. The molecule has 0 bridgehead atoms. The van der Waals surface area contributed by atoms with Crippen LogP contribution in [0.4, 0.5) is 4.39 Å². The van der Waals surface area contributed by atoms with Gasteiger partial charge in [0.25, 0.3) is 0 Å². The summed E-state index contributed by atoms with van der Waals surface area (Å²) in [6, 6.07) is 5.65. The van der Waals surface area contributed by atoms with E-state index in [0.29, 0.717) is 18.8 Å². The molecule has 5 heteroatoms. The van der Waals surface area contributed by atoms with Crippen molar-refractivity contribution in [2.45, 2.75) is 6.42 Å². The third-order valence-corrected chi connectivity index (χ3v) is 2.50. The van der Waals surface area contributed by atoms with Crippen molar-refractivity contribution >= 4 is 5.97 Å². The molecule has 0 aromatic heterocycles. The van der Waals surface area contributed by atoms with E-state index >= 15 is 0 Å². The van der Waals surface area contributed by atoms with E-state index in [-0.39, 0.29) is 36.5 Å². The second-order valence-corrected chi connectivity index (χ2v) is 3.69. The monoisotopic (exact) mass is 216 g/mol. The Morgan fingerprint density at radius 2 is 2.06 bits per heavy atom. The summed E-state index contributed by atoms with van der Waals surface area (Å²) in [5.41, 5.74) is 0. The summed E-state index contributed by atoms with van der Waals surface area (Å²) < 4.78 is 17.8. The summed E-state index contributed by atoms with van der Waals surface area (Å²) in [5.74, 6) is -1.10. The first-order valence-electron chi connectivity index (χ1n) is 4.76. The first-order valence-corrected chi connectivity index (χ1v) is 4.76. The van der Waals surface area contributed by atoms with Gasteiger partial charge in [-0.3, -0.25) is 0 Å². The van der Waals surface area contributed by atoms with Gasteiger partial charge in [-0.25, -0.2) is 4.39 Å². The number of ether oxygens (including phenoxy) is 1. The molecule has 80 valence electrons. The van der Waals surface area contributed by atoms with Gasteiger partial charge in [-0.2, -0.15) is 0 Å². The molecule has 0 spiro atoms. The molecular weight excluding hydrogens is 206 g/mol. The Balaban J connectivity index is 0.00000128. The number of aliphatic carboxylic acids is 1. The standard InChI is InChI=1S/C11H11FO3.Li/c12-8-1-3-9(4-2-8)15-6-7-5-10(7)11(13)14;/h1-4,7,10H,5-6H2,(H,13,14);/q;+1/p-1/t7-,10+;/m0./s1. The van der Waals surface area contributed by atoms with Gasteiger partial charge in [0.2, 0.25) is 0 Å². The van der Waals surface area contributed by atoms with Gasteiger partial charge >= 0.3 is 18.9 Å². The minimum absolute atomic E-state index is 0. The average molecular weight is 216 g/mol. The molecule has 0 amide bonds. The maximum atomic E-state index is 12.5. The zero-order chi connectivity index (χ0) is 10.8. The number of carboxylic acids is 1. The van der Waals surface area contributed by atoms with Crippen molar-refractivity contribution in [3.05, 3.63) is 30.1 Å². The quantitative estimate of drug-likeness (QED) is 0.527. The maximum absolute atomic E-state index is 12.5. The van der Waals surface area contributed by atoms with Gasteiger partial charge in [-0.05, 0) is 30.7 Å². The van der Waals surface area contributed by atoms with Crippen LogP contribution in [-0.2, 0) is 4.79 Å². The van der Waals surface area contributed by atoms with Gasteiger partial charge in [0, 0.05) is 17.8 Å². The molecule has 1 aliphatic carbocycles. The van der Waals surface area contributed by atoms with E-state index in [2.05, 4.69) is 0 Å². The van der Waals surface area contributed by atoms with Crippen LogP contribution >= 0.6 is 0 Å². The van der Waals surface area contributed by atoms with Crippen molar-refractivity contribution in [2.24, 2.45) is 11.8 Å². The third-order valence-electron chi connectivity index (χ3n) is 2.50. The largest absolute Gasteiger partial charge is 1.00 e. The molecule has 1 aromatic rings. The molecular formula is C11H10FLiO3. The number of halogens is 1. The van der Waals surface area contributed by atoms with Crippen molar-refractivity contribution in [3.8, 4) is 5.75 Å². The summed E-state index contributed by atoms with van der Waals surface area (Å²) in [4.78, 5) is 10.4. The smallest absolute Gasteiger partial charge is 0.550 e. The average Bonchev–Trinajstić information content (AvgIpc) is 2.96. The molecule has 0 N–H and O–H groups in total. The Bertz CT molecular complexity index is 366. The Labute approximate surface area is 105 Å². The third kappa shape index (κ3) is 3.26. The minimum Gasteiger partial charge on any atom is -0.550 e. The van der Waals surface area contributed by atoms with Gasteiger partial charge in [-0.1, -0.05) is 0 Å². The SMILES string of the molecule is O=C([O-])[C@@H]1C[C@H]1COc1ccc(F)cc1.[Li+]. The van der Waals surface area contributed by atoms with Crippen molar-refractivity contribution in [1.29, 1.82) is 0 Å². The molecule has 1 aromatic carbocycles. The van der Waals surface area contributed by atoms with Crippen LogP contribution < -0.4 is 28.7 Å². The number of carbonyl (C=O) groups excluding carboxylic acids is 1. The second kappa shape index (κ2) is 5.38. The fourth-order valence-corrected chi connectivity index (χ4v) is 1.45. The Morgan fingerprint density at radius 1 is 1.44 bits per heavy atom. The van der Waals surface area contributed by atoms with E-state index in [9.17, 15) is 14.3 Å². The number of hydrogen-bond donors (Lipinski definition) is 0. The number of carboxylic acid groups (broad SMARTS) is 1. The van der Waals surface area contributed by atoms with Gasteiger partial charge in [0.05, 0.1) is 6.61 Å². The predicted octanol–water partition coefficient (Wildman–Crippen LogP) is -2.41. The Kier molecular flexibility index (Phi) is 4.40. The van der Waals surface area contributed by atoms with Crippen molar-refractivity contribution in [3.63, 3.8) is 0 Å². The summed E-state index contributed by atoms with van der Waals surface area (Å²) in [6.45, 7) is 0.351. The van der Waals surface area contributed by atoms with Crippen LogP contribution in [0.15, 0.2) is 24.3 Å². The molecule has 0 saturated heterocycles. The van der Waals surface area contributed by atoms with Crippen LogP contribution in [-0.4, -0.2) is 12.6 Å². The number of carbonyl (C=O) groups is 1. The number of benzene rings is 1. The molecule has 0 heterocycles. The summed E-state index contributed by atoms with van der Waals surface area (Å²) >= 11 is 0. The van der Waals surface area contributed by atoms with Crippen LogP contribution in [0.5, 0.6) is 5.75 Å². The second-order valence-electron chi connectivity index (χ2n) is 3.69. The summed E-state index contributed by atoms with van der Waals surface area (Å²) in [7, 11) is 0. The molecule has 1 aliphatic rings. The molecule has 0 radical (unpaired) electrons. The van der Waals surface area contributed by atoms with E-state index in [0.717, 1.165) is 0 Å². The van der Waals surface area contributed by atoms with Gasteiger partial charge in [0.15, 0.2) is 0 Å². The Hall–Kier alpha value is -0.983. The molecule has 1 fully saturated rings. The van der Waals surface area contributed by atoms with Gasteiger partial charge in [-0.15, -0.1) is 0 Å². The number of hydrogen-bond acceptors (Lipinski definition) is 3. The first-order chi connectivity index (χ1) is 7.16. The topological polar surface area (TPSA) is 49.4 Å². The van der Waals surface area contributed by atoms with Crippen molar-refractivity contribution < 1.29 is 37.9 Å². The number of rotatable bonds is 4. The molecule has 2 rings (SSSR count). The van der Waals surface area contributed by atoms with Gasteiger partial charge in [0.1, 0.15) is 11.6 Å². The fraction of sp³-hybridized carbons (Fsp3) is 0.364. The van der Waals surface area contributed by atoms with Crippen LogP contribution in [0, 0.1) is 17.7 Å². The summed E-state index contributed by atoms with van der Waals surface area (Å²) in [6.07, 6.45) is 0.615. The zero-order valence-electron chi connectivity index (χ0n) is 8.98. The molecule has 0 aliphatic heterocycles. The predicted molar refractivity (Wildman–Crippen MR) is 48.5 cm³/mol.